The van der Waals surface area contributed by atoms with E-state index in [2.05, 4.69) is 9.97 Å². The molecule has 0 spiro atoms. The van der Waals surface area contributed by atoms with E-state index in [1.807, 2.05) is 0 Å². The van der Waals surface area contributed by atoms with Crippen LogP contribution in [0.3, 0.4) is 0 Å². The van der Waals surface area contributed by atoms with Gasteiger partial charge in [-0.15, -0.1) is 0 Å². The molecule has 70 valence electrons. The number of phenols is 1. The SMILES string of the molecule is Oc1ccc(-c2cncnc2)c(F)c1. The highest BCUT2D eigenvalue weighted by Gasteiger charge is 2.05. The van der Waals surface area contributed by atoms with Gasteiger partial charge in [-0.05, 0) is 12.1 Å². The molecule has 4 heteroatoms. The molecule has 3 nitrogen and oxygen atoms in total. The van der Waals surface area contributed by atoms with Crippen LogP contribution in [-0.4, -0.2) is 15.1 Å². The summed E-state index contributed by atoms with van der Waals surface area (Å²) in [7, 11) is 0. The van der Waals surface area contributed by atoms with Gasteiger partial charge < -0.3 is 5.11 Å². The summed E-state index contributed by atoms with van der Waals surface area (Å²) in [6.45, 7) is 0. The van der Waals surface area contributed by atoms with Gasteiger partial charge in [0.05, 0.1) is 0 Å². The molecule has 0 atom stereocenters. The molecule has 0 aliphatic carbocycles. The zero-order valence-corrected chi connectivity index (χ0v) is 7.18. The molecule has 0 bridgehead atoms. The second kappa shape index (κ2) is 3.41. The number of benzene rings is 1. The topological polar surface area (TPSA) is 46.0 Å². The Morgan fingerprint density at radius 2 is 1.86 bits per heavy atom. The molecular formula is C10H7FN2O. The van der Waals surface area contributed by atoms with Crippen molar-refractivity contribution in [3.8, 4) is 16.9 Å². The summed E-state index contributed by atoms with van der Waals surface area (Å²) in [6, 6.07) is 3.97. The van der Waals surface area contributed by atoms with E-state index in [1.165, 1.54) is 30.9 Å². The van der Waals surface area contributed by atoms with Crippen molar-refractivity contribution in [2.24, 2.45) is 0 Å². The van der Waals surface area contributed by atoms with E-state index in [9.17, 15) is 4.39 Å². The molecule has 2 rings (SSSR count). The highest BCUT2D eigenvalue weighted by atomic mass is 19.1. The predicted molar refractivity (Wildman–Crippen MR) is 49.1 cm³/mol. The Hall–Kier alpha value is -1.97. The Balaban J connectivity index is 2.53. The van der Waals surface area contributed by atoms with E-state index in [-0.39, 0.29) is 5.75 Å². The van der Waals surface area contributed by atoms with Crippen molar-refractivity contribution in [3.63, 3.8) is 0 Å². The molecule has 2 aromatic rings. The first-order chi connectivity index (χ1) is 6.77. The first-order valence-electron chi connectivity index (χ1n) is 4.01. The predicted octanol–water partition coefficient (Wildman–Crippen LogP) is 1.99. The van der Waals surface area contributed by atoms with Crippen LogP contribution < -0.4 is 0 Å². The lowest BCUT2D eigenvalue weighted by Crippen LogP contribution is -1.86. The summed E-state index contributed by atoms with van der Waals surface area (Å²) in [5.41, 5.74) is 0.966. The van der Waals surface area contributed by atoms with Gasteiger partial charge in [0.1, 0.15) is 17.9 Å². The Morgan fingerprint density at radius 3 is 2.50 bits per heavy atom. The van der Waals surface area contributed by atoms with Crippen molar-refractivity contribution in [2.45, 2.75) is 0 Å². The average molecular weight is 190 g/mol. The molecular weight excluding hydrogens is 183 g/mol. The number of aromatic nitrogens is 2. The summed E-state index contributed by atoms with van der Waals surface area (Å²) in [6.07, 6.45) is 4.41. The summed E-state index contributed by atoms with van der Waals surface area (Å²) < 4.78 is 13.3. The highest BCUT2D eigenvalue weighted by molar-refractivity contribution is 5.62. The van der Waals surface area contributed by atoms with Crippen LogP contribution in [0.1, 0.15) is 0 Å². The molecule has 0 fully saturated rings. The van der Waals surface area contributed by atoms with Crippen LogP contribution in [-0.2, 0) is 0 Å². The molecule has 0 unspecified atom stereocenters. The van der Waals surface area contributed by atoms with Gasteiger partial charge in [0.25, 0.3) is 0 Å². The van der Waals surface area contributed by atoms with Crippen LogP contribution >= 0.6 is 0 Å². The minimum Gasteiger partial charge on any atom is -0.508 e. The van der Waals surface area contributed by atoms with Gasteiger partial charge in [-0.25, -0.2) is 14.4 Å². The average Bonchev–Trinajstić information content (AvgIpc) is 2.19. The maximum atomic E-state index is 13.3. The van der Waals surface area contributed by atoms with E-state index >= 15 is 0 Å². The van der Waals surface area contributed by atoms with Crippen LogP contribution in [0.2, 0.25) is 0 Å². The second-order valence-electron chi connectivity index (χ2n) is 2.79. The van der Waals surface area contributed by atoms with E-state index < -0.39 is 5.82 Å². The Labute approximate surface area is 79.9 Å². The molecule has 0 saturated carbocycles. The summed E-state index contributed by atoms with van der Waals surface area (Å²) in [5, 5.41) is 9.01. The van der Waals surface area contributed by atoms with Crippen LogP contribution in [0, 0.1) is 5.82 Å². The lowest BCUT2D eigenvalue weighted by atomic mass is 10.1. The van der Waals surface area contributed by atoms with Gasteiger partial charge in [0.2, 0.25) is 0 Å². The number of rotatable bonds is 1. The first-order valence-corrected chi connectivity index (χ1v) is 4.01. The minimum absolute atomic E-state index is 0.0944. The van der Waals surface area contributed by atoms with Gasteiger partial charge in [-0.2, -0.15) is 0 Å². The van der Waals surface area contributed by atoms with Crippen molar-refractivity contribution in [3.05, 3.63) is 42.7 Å². The van der Waals surface area contributed by atoms with E-state index in [4.69, 9.17) is 5.11 Å². The normalized spacial score (nSPS) is 10.1. The minimum atomic E-state index is -0.486. The van der Waals surface area contributed by atoms with Crippen molar-refractivity contribution in [1.29, 1.82) is 0 Å². The van der Waals surface area contributed by atoms with E-state index in [0.717, 1.165) is 6.07 Å². The van der Waals surface area contributed by atoms with Crippen LogP contribution in [0.5, 0.6) is 5.75 Å². The van der Waals surface area contributed by atoms with Crippen LogP contribution in [0.15, 0.2) is 36.9 Å². The molecule has 1 N–H and O–H groups in total. The molecule has 1 heterocycles. The lowest BCUT2D eigenvalue weighted by Gasteiger charge is -2.01. The maximum absolute atomic E-state index is 13.3. The van der Waals surface area contributed by atoms with Crippen molar-refractivity contribution >= 4 is 0 Å². The van der Waals surface area contributed by atoms with Crippen LogP contribution in [0.4, 0.5) is 4.39 Å². The molecule has 0 aliphatic rings. The third-order valence-electron chi connectivity index (χ3n) is 1.82. The fraction of sp³-hybridized carbons (Fsp3) is 0. The summed E-state index contributed by atoms with van der Waals surface area (Å²) in [4.78, 5) is 7.57. The third-order valence-corrected chi connectivity index (χ3v) is 1.82. The zero-order chi connectivity index (χ0) is 9.97. The fourth-order valence-electron chi connectivity index (χ4n) is 1.18. The monoisotopic (exact) mass is 190 g/mol. The summed E-state index contributed by atoms with van der Waals surface area (Å²) in [5.74, 6) is -0.581. The number of nitrogens with zero attached hydrogens (tertiary/aromatic N) is 2. The van der Waals surface area contributed by atoms with Crippen molar-refractivity contribution < 1.29 is 9.50 Å². The lowest BCUT2D eigenvalue weighted by molar-refractivity contribution is 0.469. The number of aromatic hydroxyl groups is 1. The number of halogens is 1. The maximum Gasteiger partial charge on any atom is 0.134 e. The van der Waals surface area contributed by atoms with Crippen molar-refractivity contribution in [1.82, 2.24) is 9.97 Å². The quantitative estimate of drug-likeness (QED) is 0.747. The standard InChI is InChI=1S/C10H7FN2O/c11-10-3-8(14)1-2-9(10)7-4-12-6-13-5-7/h1-6,14H. The van der Waals surface area contributed by atoms with E-state index in [1.54, 1.807) is 0 Å². The Morgan fingerprint density at radius 1 is 1.14 bits per heavy atom. The van der Waals surface area contributed by atoms with Gasteiger partial charge in [-0.3, -0.25) is 0 Å². The van der Waals surface area contributed by atoms with Gasteiger partial charge in [-0.1, -0.05) is 0 Å². The molecule has 0 saturated heterocycles. The smallest absolute Gasteiger partial charge is 0.134 e. The molecule has 0 radical (unpaired) electrons. The van der Waals surface area contributed by atoms with Gasteiger partial charge >= 0.3 is 0 Å². The molecule has 0 aliphatic heterocycles. The molecule has 1 aromatic heterocycles. The number of phenolic OH excluding ortho intramolecular Hbond substituents is 1. The van der Waals surface area contributed by atoms with Gasteiger partial charge in [0, 0.05) is 29.6 Å². The highest BCUT2D eigenvalue weighted by Crippen LogP contribution is 2.24. The first kappa shape index (κ1) is 8.62. The Kier molecular flexibility index (Phi) is 2.10. The molecule has 1 aromatic carbocycles. The van der Waals surface area contributed by atoms with E-state index in [0.29, 0.717) is 11.1 Å². The molecule has 14 heavy (non-hydrogen) atoms. The number of hydrogen-bond donors (Lipinski definition) is 1. The Bertz CT molecular complexity index is 445. The third kappa shape index (κ3) is 1.54. The van der Waals surface area contributed by atoms with Crippen molar-refractivity contribution in [2.75, 3.05) is 0 Å². The summed E-state index contributed by atoms with van der Waals surface area (Å²) >= 11 is 0. The molecule has 0 amide bonds. The van der Waals surface area contributed by atoms with Crippen LogP contribution in [0.25, 0.3) is 11.1 Å². The van der Waals surface area contributed by atoms with Gasteiger partial charge in [0.15, 0.2) is 0 Å². The zero-order valence-electron chi connectivity index (χ0n) is 7.18. The number of hydrogen-bond acceptors (Lipinski definition) is 3. The largest absolute Gasteiger partial charge is 0.508 e. The fourth-order valence-corrected chi connectivity index (χ4v) is 1.18. The second-order valence-corrected chi connectivity index (χ2v) is 2.79.